The molecule has 10 N–H and O–H groups in total. The molecule has 62 heavy (non-hydrogen) atoms. The predicted molar refractivity (Wildman–Crippen MR) is 213 cm³/mol. The molecule has 3 atom stereocenters. The Morgan fingerprint density at radius 2 is 1.00 bits per heavy atom. The van der Waals surface area contributed by atoms with E-state index in [1.165, 1.54) is 33.9 Å². The van der Waals surface area contributed by atoms with Crippen molar-refractivity contribution in [3.63, 3.8) is 0 Å². The molecule has 0 aromatic carbocycles. The van der Waals surface area contributed by atoms with Gasteiger partial charge in [-0.2, -0.15) is 0 Å². The first-order valence-electron chi connectivity index (χ1n) is 20.1. The lowest BCUT2D eigenvalue weighted by molar-refractivity contribution is -0.142. The monoisotopic (exact) mass is 879 g/mol. The van der Waals surface area contributed by atoms with Gasteiger partial charge < -0.3 is 61.0 Å². The zero-order valence-corrected chi connectivity index (χ0v) is 34.3. The summed E-state index contributed by atoms with van der Waals surface area (Å²) in [5.74, 6) is -7.07. The van der Waals surface area contributed by atoms with Crippen LogP contribution in [0.1, 0.15) is 102 Å². The Labute approximate surface area is 356 Å². The van der Waals surface area contributed by atoms with E-state index in [1.807, 2.05) is 4.90 Å². The number of hydrogen-bond acceptors (Lipinski definition) is 12. The number of carbonyl (C=O) groups is 9. The predicted octanol–water partition coefficient (Wildman–Crippen LogP) is 0.688. The van der Waals surface area contributed by atoms with Crippen LogP contribution in [0.25, 0.3) is 0 Å². The number of aromatic nitrogens is 4. The SMILES string of the molecule is O=C(O)CC[C@H](NC(=O)N[C@@H](CCCCNC(=O)CCCCCCC(=O)N[C@@H](CCCCN(Cc1nccn1CC(=O)O)Cc1nccn1CC(=O)O)C(=O)O)C(=O)O)C(=O)O. The van der Waals surface area contributed by atoms with Crippen molar-refractivity contribution in [2.45, 2.75) is 134 Å². The molecule has 0 aliphatic heterocycles. The number of nitrogens with one attached hydrogen (secondary N) is 4. The molecule has 4 amide bonds. The minimum Gasteiger partial charge on any atom is -0.481 e. The molecule has 2 aromatic heterocycles. The number of unbranched alkanes of at least 4 members (excludes halogenated alkanes) is 5. The molecule has 0 fully saturated rings. The number of amides is 4. The maximum atomic E-state index is 12.6. The first-order valence-corrected chi connectivity index (χ1v) is 20.1. The van der Waals surface area contributed by atoms with Crippen LogP contribution >= 0.6 is 0 Å². The number of carboxylic acids is 6. The van der Waals surface area contributed by atoms with Gasteiger partial charge in [-0.25, -0.2) is 29.1 Å². The molecule has 24 heteroatoms. The van der Waals surface area contributed by atoms with Crippen molar-refractivity contribution < 1.29 is 73.8 Å². The molecule has 0 spiro atoms. The number of hydrogen-bond donors (Lipinski definition) is 10. The topological polar surface area (TPSA) is 362 Å². The van der Waals surface area contributed by atoms with E-state index in [1.54, 1.807) is 0 Å². The van der Waals surface area contributed by atoms with Gasteiger partial charge in [0.25, 0.3) is 0 Å². The van der Waals surface area contributed by atoms with Gasteiger partial charge in [-0.1, -0.05) is 12.8 Å². The quantitative estimate of drug-likeness (QED) is 0.0432. The molecular weight excluding hydrogens is 822 g/mol. The zero-order chi connectivity index (χ0) is 46.0. The summed E-state index contributed by atoms with van der Waals surface area (Å²) in [5, 5.41) is 65.1. The lowest BCUT2D eigenvalue weighted by atomic mass is 10.1. The smallest absolute Gasteiger partial charge is 0.326 e. The number of rotatable bonds is 34. The van der Waals surface area contributed by atoms with E-state index in [0.29, 0.717) is 69.6 Å². The summed E-state index contributed by atoms with van der Waals surface area (Å²) in [6.07, 6.45) is 9.45. The third-order valence-corrected chi connectivity index (χ3v) is 9.45. The zero-order valence-electron chi connectivity index (χ0n) is 34.3. The molecule has 0 aliphatic carbocycles. The second-order valence-electron chi connectivity index (χ2n) is 14.5. The second kappa shape index (κ2) is 28.0. The van der Waals surface area contributed by atoms with E-state index < -0.39 is 72.3 Å². The summed E-state index contributed by atoms with van der Waals surface area (Å²) in [4.78, 5) is 115. The van der Waals surface area contributed by atoms with Crippen LogP contribution in [-0.2, 0) is 64.5 Å². The lowest BCUT2D eigenvalue weighted by Gasteiger charge is -2.23. The Morgan fingerprint density at radius 1 is 0.532 bits per heavy atom. The molecule has 0 bridgehead atoms. The van der Waals surface area contributed by atoms with Crippen molar-refractivity contribution in [1.82, 2.24) is 45.3 Å². The van der Waals surface area contributed by atoms with Gasteiger partial charge >= 0.3 is 41.8 Å². The Morgan fingerprint density at radius 3 is 1.48 bits per heavy atom. The minimum atomic E-state index is -1.52. The summed E-state index contributed by atoms with van der Waals surface area (Å²) in [5.41, 5.74) is 0. The van der Waals surface area contributed by atoms with Crippen LogP contribution in [0.3, 0.4) is 0 Å². The van der Waals surface area contributed by atoms with E-state index in [9.17, 15) is 63.6 Å². The summed E-state index contributed by atoms with van der Waals surface area (Å²) < 4.78 is 2.96. The second-order valence-corrected chi connectivity index (χ2v) is 14.5. The Balaban J connectivity index is 1.68. The molecule has 24 nitrogen and oxygen atoms in total. The standard InChI is InChI=1S/C38H57N9O15/c48-30(41-15-7-5-9-26(36(58)59)43-38(62)44-27(37(60)61)13-14-32(50)51)11-3-1-2-4-12-31(49)42-25(35(56)57)10-6-8-18-45(21-28-39-16-19-46(28)23-33(52)53)22-29-40-17-20-47(29)24-34(54)55/h16-17,19-20,25-27H,1-15,18,21-24H2,(H,41,48)(H,42,49)(H,50,51)(H,52,53)(H,54,55)(H,56,57)(H,58,59)(H,60,61)(H2,43,44,62)/t25-,26-,27-/m0/s1. The van der Waals surface area contributed by atoms with Gasteiger partial charge in [0, 0.05) is 50.6 Å². The average molecular weight is 880 g/mol. The Bertz CT molecular complexity index is 1760. The number of carbonyl (C=O) groups excluding carboxylic acids is 3. The molecule has 2 aromatic rings. The van der Waals surface area contributed by atoms with Crippen molar-refractivity contribution in [3.8, 4) is 0 Å². The Hall–Kier alpha value is -6.59. The first kappa shape index (κ1) is 51.6. The van der Waals surface area contributed by atoms with Crippen LogP contribution in [0.2, 0.25) is 0 Å². The molecular formula is C38H57N9O15. The fourth-order valence-corrected chi connectivity index (χ4v) is 6.24. The van der Waals surface area contributed by atoms with Crippen LogP contribution < -0.4 is 21.3 Å². The van der Waals surface area contributed by atoms with Gasteiger partial charge in [0.15, 0.2) is 0 Å². The van der Waals surface area contributed by atoms with Crippen LogP contribution in [0, 0.1) is 0 Å². The van der Waals surface area contributed by atoms with Gasteiger partial charge in [-0.05, 0) is 64.3 Å². The highest BCUT2D eigenvalue weighted by atomic mass is 16.4. The Kier molecular flexibility index (Phi) is 23.3. The molecule has 2 rings (SSSR count). The number of carboxylic acid groups (broad SMARTS) is 6. The van der Waals surface area contributed by atoms with Crippen molar-refractivity contribution in [3.05, 3.63) is 36.4 Å². The lowest BCUT2D eigenvalue weighted by Crippen LogP contribution is -2.51. The number of nitrogens with zero attached hydrogens (tertiary/aromatic N) is 5. The summed E-state index contributed by atoms with van der Waals surface area (Å²) in [6, 6.07) is -5.05. The van der Waals surface area contributed by atoms with Gasteiger partial charge in [-0.3, -0.25) is 28.9 Å². The summed E-state index contributed by atoms with van der Waals surface area (Å²) >= 11 is 0. The van der Waals surface area contributed by atoms with Crippen molar-refractivity contribution >= 4 is 53.7 Å². The van der Waals surface area contributed by atoms with Crippen LogP contribution in [0.5, 0.6) is 0 Å². The van der Waals surface area contributed by atoms with Crippen LogP contribution in [-0.4, -0.2) is 140 Å². The minimum absolute atomic E-state index is 0.00909. The number of aliphatic carboxylic acids is 6. The summed E-state index contributed by atoms with van der Waals surface area (Å²) in [7, 11) is 0. The van der Waals surface area contributed by atoms with E-state index in [2.05, 4.69) is 31.2 Å². The molecule has 0 aliphatic rings. The highest BCUT2D eigenvalue weighted by molar-refractivity contribution is 5.86. The largest absolute Gasteiger partial charge is 0.481 e. The molecule has 0 saturated carbocycles. The van der Waals surface area contributed by atoms with E-state index in [4.69, 9.17) is 10.2 Å². The average Bonchev–Trinajstić information content (AvgIpc) is 3.82. The molecule has 0 unspecified atom stereocenters. The molecule has 344 valence electrons. The fraction of sp³-hybridized carbons (Fsp3) is 0.605. The third-order valence-electron chi connectivity index (χ3n) is 9.45. The maximum Gasteiger partial charge on any atom is 0.326 e. The highest BCUT2D eigenvalue weighted by Gasteiger charge is 2.25. The van der Waals surface area contributed by atoms with Crippen molar-refractivity contribution in [1.29, 1.82) is 0 Å². The van der Waals surface area contributed by atoms with Gasteiger partial charge in [0.05, 0.1) is 13.1 Å². The normalized spacial score (nSPS) is 12.5. The van der Waals surface area contributed by atoms with E-state index >= 15 is 0 Å². The van der Waals surface area contributed by atoms with Gasteiger partial charge in [0.2, 0.25) is 11.8 Å². The fourth-order valence-electron chi connectivity index (χ4n) is 6.24. The molecule has 2 heterocycles. The number of urea groups is 1. The van der Waals surface area contributed by atoms with E-state index in [0.717, 1.165) is 0 Å². The molecule has 0 saturated heterocycles. The highest BCUT2D eigenvalue weighted by Crippen LogP contribution is 2.13. The van der Waals surface area contributed by atoms with Crippen LogP contribution in [0.15, 0.2) is 24.8 Å². The maximum absolute atomic E-state index is 12.6. The van der Waals surface area contributed by atoms with Crippen molar-refractivity contribution in [2.75, 3.05) is 13.1 Å². The number of imidazole rings is 2. The first-order chi connectivity index (χ1) is 29.4. The van der Waals surface area contributed by atoms with Gasteiger partial charge in [0.1, 0.15) is 42.9 Å². The van der Waals surface area contributed by atoms with E-state index in [-0.39, 0.29) is 70.7 Å². The van der Waals surface area contributed by atoms with Gasteiger partial charge in [-0.15, -0.1) is 0 Å². The van der Waals surface area contributed by atoms with Crippen LogP contribution in [0.4, 0.5) is 4.79 Å². The third kappa shape index (κ3) is 21.6. The molecule has 0 radical (unpaired) electrons. The van der Waals surface area contributed by atoms with Crippen molar-refractivity contribution in [2.24, 2.45) is 0 Å². The summed E-state index contributed by atoms with van der Waals surface area (Å²) in [6.45, 7) is 0.484.